The molecule has 0 aliphatic carbocycles. The molecule has 1 amide bonds. The Hall–Kier alpha value is -2.57. The molecular formula is C16H14ClN3O3. The number of halogens is 1. The highest BCUT2D eigenvalue weighted by Crippen LogP contribution is 2.33. The highest BCUT2D eigenvalue weighted by atomic mass is 35.5. The molecule has 0 bridgehead atoms. The number of pyridine rings is 1. The summed E-state index contributed by atoms with van der Waals surface area (Å²) in [6.07, 6.45) is 3.14. The van der Waals surface area contributed by atoms with E-state index < -0.39 is 12.0 Å². The van der Waals surface area contributed by atoms with E-state index in [4.69, 9.17) is 16.3 Å². The van der Waals surface area contributed by atoms with Gasteiger partial charge in [0, 0.05) is 35.1 Å². The number of aliphatic hydroxyl groups excluding tert-OH is 1. The van der Waals surface area contributed by atoms with Crippen LogP contribution in [0.5, 0.6) is 5.75 Å². The van der Waals surface area contributed by atoms with E-state index in [1.165, 1.54) is 19.5 Å². The van der Waals surface area contributed by atoms with E-state index in [9.17, 15) is 9.90 Å². The Bertz CT molecular complexity index is 863. The van der Waals surface area contributed by atoms with E-state index in [0.29, 0.717) is 27.4 Å². The van der Waals surface area contributed by atoms with Crippen LogP contribution in [-0.4, -0.2) is 28.1 Å². The van der Waals surface area contributed by atoms with Crippen molar-refractivity contribution in [2.45, 2.75) is 6.10 Å². The maximum Gasteiger partial charge on any atom is 0.257 e. The third-order valence-corrected chi connectivity index (χ3v) is 3.79. The van der Waals surface area contributed by atoms with E-state index in [1.807, 2.05) is 12.1 Å². The van der Waals surface area contributed by atoms with Crippen molar-refractivity contribution < 1.29 is 14.6 Å². The number of aliphatic hydroxyl groups is 1. The molecule has 118 valence electrons. The number of hydrogen-bond acceptors (Lipinski definition) is 4. The minimum Gasteiger partial charge on any atom is -0.496 e. The zero-order chi connectivity index (χ0) is 16.4. The molecule has 0 radical (unpaired) electrons. The summed E-state index contributed by atoms with van der Waals surface area (Å²) in [5.74, 6) is -0.0163. The number of benzene rings is 1. The first kappa shape index (κ1) is 15.3. The lowest BCUT2D eigenvalue weighted by molar-refractivity contribution is -0.124. The fourth-order valence-electron chi connectivity index (χ4n) is 2.38. The molecule has 3 aromatic rings. The van der Waals surface area contributed by atoms with Crippen LogP contribution in [0, 0.1) is 0 Å². The van der Waals surface area contributed by atoms with Crippen LogP contribution in [0.25, 0.3) is 10.9 Å². The van der Waals surface area contributed by atoms with Gasteiger partial charge in [0.1, 0.15) is 5.75 Å². The van der Waals surface area contributed by atoms with E-state index in [2.05, 4.69) is 15.3 Å². The fourth-order valence-corrected chi connectivity index (χ4v) is 2.55. The Balaban J connectivity index is 1.93. The fraction of sp³-hybridized carbons (Fsp3) is 0.125. The molecule has 2 aromatic heterocycles. The number of amides is 1. The standard InChI is InChI=1S/C16H14ClN3O3/c1-23-13-4-2-3-12-14(13)9(7-19-12)15(21)16(22)20-11-5-6-18-8-10(11)17/h2-8,15,19,21H,1H3,(H,18,20,22). The maximum atomic E-state index is 12.3. The van der Waals surface area contributed by atoms with Gasteiger partial charge in [0.15, 0.2) is 6.10 Å². The molecular weight excluding hydrogens is 318 g/mol. The Morgan fingerprint density at radius 3 is 3.00 bits per heavy atom. The predicted octanol–water partition coefficient (Wildman–Crippen LogP) is 2.90. The predicted molar refractivity (Wildman–Crippen MR) is 87.7 cm³/mol. The number of hydrogen-bond donors (Lipinski definition) is 3. The Morgan fingerprint density at radius 2 is 2.26 bits per heavy atom. The quantitative estimate of drug-likeness (QED) is 0.686. The lowest BCUT2D eigenvalue weighted by Crippen LogP contribution is -2.20. The summed E-state index contributed by atoms with van der Waals surface area (Å²) in [7, 11) is 1.54. The normalized spacial score (nSPS) is 12.1. The number of carbonyl (C=O) groups excluding carboxylic acids is 1. The zero-order valence-electron chi connectivity index (χ0n) is 12.2. The van der Waals surface area contributed by atoms with Crippen LogP contribution in [0.15, 0.2) is 42.9 Å². The SMILES string of the molecule is COc1cccc2[nH]cc(C(O)C(=O)Nc3ccncc3Cl)c12. The molecule has 3 rings (SSSR count). The van der Waals surface area contributed by atoms with Crippen molar-refractivity contribution >= 4 is 34.1 Å². The molecule has 3 N–H and O–H groups in total. The summed E-state index contributed by atoms with van der Waals surface area (Å²) in [4.78, 5) is 19.2. The maximum absolute atomic E-state index is 12.3. The van der Waals surface area contributed by atoms with Crippen molar-refractivity contribution in [2.24, 2.45) is 0 Å². The van der Waals surface area contributed by atoms with Gasteiger partial charge < -0.3 is 20.1 Å². The summed E-state index contributed by atoms with van der Waals surface area (Å²) >= 11 is 5.96. The second-order valence-electron chi connectivity index (χ2n) is 4.87. The Labute approximate surface area is 137 Å². The number of nitrogens with one attached hydrogen (secondary N) is 2. The molecule has 0 aliphatic heterocycles. The van der Waals surface area contributed by atoms with E-state index >= 15 is 0 Å². The van der Waals surface area contributed by atoms with Crippen LogP contribution in [0.4, 0.5) is 5.69 Å². The Kier molecular flexibility index (Phi) is 4.18. The third kappa shape index (κ3) is 2.86. The number of nitrogens with zero attached hydrogens (tertiary/aromatic N) is 1. The third-order valence-electron chi connectivity index (χ3n) is 3.49. The summed E-state index contributed by atoms with van der Waals surface area (Å²) < 4.78 is 5.30. The van der Waals surface area contributed by atoms with Crippen molar-refractivity contribution in [1.29, 1.82) is 0 Å². The monoisotopic (exact) mass is 331 g/mol. The van der Waals surface area contributed by atoms with E-state index in [1.54, 1.807) is 18.3 Å². The zero-order valence-corrected chi connectivity index (χ0v) is 13.0. The van der Waals surface area contributed by atoms with Crippen LogP contribution in [0.3, 0.4) is 0 Å². The summed E-state index contributed by atoms with van der Waals surface area (Å²) in [6.45, 7) is 0. The van der Waals surface area contributed by atoms with Gasteiger partial charge in [-0.25, -0.2) is 0 Å². The van der Waals surface area contributed by atoms with Crippen molar-refractivity contribution in [1.82, 2.24) is 9.97 Å². The summed E-state index contributed by atoms with van der Waals surface area (Å²) in [5, 5.41) is 13.9. The van der Waals surface area contributed by atoms with E-state index in [0.717, 1.165) is 5.52 Å². The topological polar surface area (TPSA) is 87.2 Å². The number of H-pyrrole nitrogens is 1. The number of ether oxygens (including phenoxy) is 1. The second-order valence-corrected chi connectivity index (χ2v) is 5.28. The molecule has 0 spiro atoms. The highest BCUT2D eigenvalue weighted by Gasteiger charge is 2.23. The molecule has 0 fully saturated rings. The van der Waals surface area contributed by atoms with Gasteiger partial charge in [-0.2, -0.15) is 0 Å². The molecule has 1 aromatic carbocycles. The van der Waals surface area contributed by atoms with Crippen molar-refractivity contribution in [3.63, 3.8) is 0 Å². The van der Waals surface area contributed by atoms with Crippen molar-refractivity contribution in [2.75, 3.05) is 12.4 Å². The summed E-state index contributed by atoms with van der Waals surface area (Å²) in [6, 6.07) is 6.99. The molecule has 7 heteroatoms. The number of aromatic amines is 1. The van der Waals surface area contributed by atoms with Gasteiger partial charge in [-0.3, -0.25) is 9.78 Å². The molecule has 1 unspecified atom stereocenters. The average molecular weight is 332 g/mol. The van der Waals surface area contributed by atoms with Crippen LogP contribution in [0.2, 0.25) is 5.02 Å². The average Bonchev–Trinajstić information content (AvgIpc) is 3.00. The minimum atomic E-state index is -1.37. The van der Waals surface area contributed by atoms with Gasteiger partial charge in [-0.05, 0) is 18.2 Å². The first-order valence-electron chi connectivity index (χ1n) is 6.84. The molecule has 0 saturated heterocycles. The highest BCUT2D eigenvalue weighted by molar-refractivity contribution is 6.33. The number of rotatable bonds is 4. The molecule has 2 heterocycles. The van der Waals surface area contributed by atoms with Gasteiger partial charge in [0.05, 0.1) is 17.8 Å². The number of anilines is 1. The van der Waals surface area contributed by atoms with Crippen molar-refractivity contribution in [3.8, 4) is 5.75 Å². The van der Waals surface area contributed by atoms with Gasteiger partial charge >= 0.3 is 0 Å². The lowest BCUT2D eigenvalue weighted by Gasteiger charge is -2.12. The van der Waals surface area contributed by atoms with Crippen LogP contribution in [-0.2, 0) is 4.79 Å². The molecule has 0 aliphatic rings. The summed E-state index contributed by atoms with van der Waals surface area (Å²) in [5.41, 5.74) is 1.59. The minimum absolute atomic E-state index is 0.296. The first-order valence-corrected chi connectivity index (χ1v) is 7.22. The molecule has 23 heavy (non-hydrogen) atoms. The molecule has 1 atom stereocenters. The lowest BCUT2D eigenvalue weighted by atomic mass is 10.1. The first-order chi connectivity index (χ1) is 11.1. The second kappa shape index (κ2) is 6.28. The van der Waals surface area contributed by atoms with Crippen molar-refractivity contribution in [3.05, 3.63) is 53.4 Å². The number of aromatic nitrogens is 2. The van der Waals surface area contributed by atoms with Gasteiger partial charge in [0.25, 0.3) is 5.91 Å². The Morgan fingerprint density at radius 1 is 1.43 bits per heavy atom. The van der Waals surface area contributed by atoms with Gasteiger partial charge in [-0.15, -0.1) is 0 Å². The molecule has 6 nitrogen and oxygen atoms in total. The van der Waals surface area contributed by atoms with Crippen LogP contribution < -0.4 is 10.1 Å². The van der Waals surface area contributed by atoms with Gasteiger partial charge in [-0.1, -0.05) is 17.7 Å². The number of carbonyl (C=O) groups is 1. The number of fused-ring (bicyclic) bond motifs is 1. The van der Waals surface area contributed by atoms with Gasteiger partial charge in [0.2, 0.25) is 0 Å². The van der Waals surface area contributed by atoms with E-state index in [-0.39, 0.29) is 0 Å². The van der Waals surface area contributed by atoms with Crippen LogP contribution >= 0.6 is 11.6 Å². The largest absolute Gasteiger partial charge is 0.496 e. The van der Waals surface area contributed by atoms with Crippen LogP contribution in [0.1, 0.15) is 11.7 Å². The number of methoxy groups -OCH3 is 1. The smallest absolute Gasteiger partial charge is 0.257 e. The molecule has 0 saturated carbocycles.